The molecule has 0 aromatic heterocycles. The van der Waals surface area contributed by atoms with Gasteiger partial charge in [-0.05, 0) is 6.42 Å². The second kappa shape index (κ2) is 4.03. The van der Waals surface area contributed by atoms with Crippen molar-refractivity contribution in [3.63, 3.8) is 0 Å². The molecule has 0 aliphatic carbocycles. The summed E-state index contributed by atoms with van der Waals surface area (Å²) >= 11 is 0. The molecule has 1 heterocycles. The van der Waals surface area contributed by atoms with Crippen LogP contribution in [-0.2, 0) is 19.7 Å². The maximum atomic E-state index is 11.2. The van der Waals surface area contributed by atoms with Crippen molar-refractivity contribution in [3.8, 4) is 0 Å². The molecule has 76 valence electrons. The van der Waals surface area contributed by atoms with Crippen molar-refractivity contribution >= 4 is 15.9 Å². The van der Waals surface area contributed by atoms with Crippen molar-refractivity contribution in [1.29, 1.82) is 0 Å². The fourth-order valence-corrected chi connectivity index (χ4v) is 2.65. The zero-order chi connectivity index (χ0) is 9.90. The van der Waals surface area contributed by atoms with Crippen LogP contribution in [0.25, 0.3) is 0 Å². The number of hydrogen-bond acceptors (Lipinski definition) is 4. The summed E-state index contributed by atoms with van der Waals surface area (Å²) in [5.74, 6) is -0.319. The number of rotatable bonds is 3. The second-order valence-corrected chi connectivity index (χ2v) is 4.82. The second-order valence-electron chi connectivity index (χ2n) is 2.73. The van der Waals surface area contributed by atoms with Gasteiger partial charge in [-0.2, -0.15) is 4.31 Å². The molecule has 1 saturated heterocycles. The average molecular weight is 208 g/mol. The van der Waals surface area contributed by atoms with Crippen LogP contribution < -0.4 is 5.48 Å². The Morgan fingerprint density at radius 2 is 2.31 bits per heavy atom. The predicted molar refractivity (Wildman–Crippen MR) is 45.1 cm³/mol. The highest BCUT2D eigenvalue weighted by atomic mass is 32.2. The van der Waals surface area contributed by atoms with E-state index >= 15 is 0 Å². The number of sulfonamides is 1. The SMILES string of the molecule is CONC(=O)CN1CCCS1(=O)=O. The molecule has 0 atom stereocenters. The van der Waals surface area contributed by atoms with Gasteiger partial charge in [0.2, 0.25) is 10.0 Å². The molecule has 0 spiro atoms. The molecule has 0 unspecified atom stereocenters. The first kappa shape index (κ1) is 10.4. The van der Waals surface area contributed by atoms with E-state index in [1.165, 1.54) is 7.11 Å². The Hall–Kier alpha value is -0.660. The van der Waals surface area contributed by atoms with Crippen molar-refractivity contribution in [3.05, 3.63) is 0 Å². The number of nitrogens with one attached hydrogen (secondary N) is 1. The lowest BCUT2D eigenvalue weighted by atomic mass is 10.5. The van der Waals surface area contributed by atoms with Crippen LogP contribution in [0.2, 0.25) is 0 Å². The molecule has 0 bridgehead atoms. The van der Waals surface area contributed by atoms with E-state index < -0.39 is 15.9 Å². The fraction of sp³-hybridized carbons (Fsp3) is 0.833. The van der Waals surface area contributed by atoms with Crippen LogP contribution in [0, 0.1) is 0 Å². The van der Waals surface area contributed by atoms with E-state index in [1.807, 2.05) is 0 Å². The van der Waals surface area contributed by atoms with Crippen LogP contribution in [0.3, 0.4) is 0 Å². The molecule has 0 aromatic rings. The van der Waals surface area contributed by atoms with Gasteiger partial charge in [0.1, 0.15) is 0 Å². The molecular formula is C6H12N2O4S. The largest absolute Gasteiger partial charge is 0.277 e. The molecule has 1 fully saturated rings. The van der Waals surface area contributed by atoms with E-state index in [-0.39, 0.29) is 12.3 Å². The van der Waals surface area contributed by atoms with Gasteiger partial charge < -0.3 is 0 Å². The lowest BCUT2D eigenvalue weighted by Gasteiger charge is -2.12. The van der Waals surface area contributed by atoms with Crippen molar-refractivity contribution in [2.24, 2.45) is 0 Å². The smallest absolute Gasteiger partial charge is 0.258 e. The fourth-order valence-electron chi connectivity index (χ4n) is 1.18. The van der Waals surface area contributed by atoms with Gasteiger partial charge in [0.25, 0.3) is 5.91 Å². The Morgan fingerprint density at radius 3 is 2.77 bits per heavy atom. The van der Waals surface area contributed by atoms with Crippen LogP contribution in [0.4, 0.5) is 0 Å². The average Bonchev–Trinajstić information content (AvgIpc) is 2.31. The van der Waals surface area contributed by atoms with Gasteiger partial charge in [-0.1, -0.05) is 0 Å². The molecule has 13 heavy (non-hydrogen) atoms. The van der Waals surface area contributed by atoms with E-state index in [0.717, 1.165) is 4.31 Å². The van der Waals surface area contributed by atoms with Crippen LogP contribution in [0.1, 0.15) is 6.42 Å². The number of amides is 1. The van der Waals surface area contributed by atoms with E-state index in [1.54, 1.807) is 0 Å². The Balaban J connectivity index is 2.50. The van der Waals surface area contributed by atoms with Gasteiger partial charge in [-0.15, -0.1) is 0 Å². The zero-order valence-electron chi connectivity index (χ0n) is 7.32. The maximum absolute atomic E-state index is 11.2. The number of carbonyl (C=O) groups is 1. The lowest BCUT2D eigenvalue weighted by Crippen LogP contribution is -2.37. The van der Waals surface area contributed by atoms with E-state index in [4.69, 9.17) is 0 Å². The number of hydrogen-bond donors (Lipinski definition) is 1. The molecule has 1 amide bonds. The van der Waals surface area contributed by atoms with Gasteiger partial charge in [-0.3, -0.25) is 9.63 Å². The summed E-state index contributed by atoms with van der Waals surface area (Å²) in [5.41, 5.74) is 2.07. The Kier molecular flexibility index (Phi) is 3.23. The number of carbonyl (C=O) groups excluding carboxylic acids is 1. The molecule has 0 radical (unpaired) electrons. The predicted octanol–water partition coefficient (Wildman–Crippen LogP) is -1.30. The first-order valence-corrected chi connectivity index (χ1v) is 5.47. The standard InChI is InChI=1S/C6H12N2O4S/c1-12-7-6(9)5-8-3-2-4-13(8,10)11/h2-5H2,1H3,(H,7,9). The highest BCUT2D eigenvalue weighted by Crippen LogP contribution is 2.11. The highest BCUT2D eigenvalue weighted by Gasteiger charge is 2.29. The summed E-state index contributed by atoms with van der Waals surface area (Å²) in [7, 11) is -1.88. The van der Waals surface area contributed by atoms with Gasteiger partial charge >= 0.3 is 0 Å². The first-order chi connectivity index (χ1) is 6.06. The van der Waals surface area contributed by atoms with Crippen molar-refractivity contribution in [2.75, 3.05) is 26.0 Å². The Labute approximate surface area is 76.9 Å². The van der Waals surface area contributed by atoms with Crippen LogP contribution in [-0.4, -0.2) is 44.6 Å². The number of nitrogens with zero attached hydrogens (tertiary/aromatic N) is 1. The molecule has 1 aliphatic heterocycles. The summed E-state index contributed by atoms with van der Waals surface area (Å²) in [4.78, 5) is 15.3. The molecule has 1 N–H and O–H groups in total. The minimum absolute atomic E-state index is 0.132. The van der Waals surface area contributed by atoms with Crippen molar-refractivity contribution < 1.29 is 18.0 Å². The van der Waals surface area contributed by atoms with Gasteiger partial charge in [0.05, 0.1) is 19.4 Å². The third-order valence-corrected chi connectivity index (χ3v) is 3.64. The minimum atomic E-state index is -3.18. The summed E-state index contributed by atoms with van der Waals surface area (Å²) in [6, 6.07) is 0. The Morgan fingerprint density at radius 1 is 1.62 bits per heavy atom. The molecule has 1 rings (SSSR count). The van der Waals surface area contributed by atoms with Crippen LogP contribution in [0.15, 0.2) is 0 Å². The molecular weight excluding hydrogens is 196 g/mol. The highest BCUT2D eigenvalue weighted by molar-refractivity contribution is 7.89. The third-order valence-electron chi connectivity index (χ3n) is 1.74. The topological polar surface area (TPSA) is 75.7 Å². The monoisotopic (exact) mass is 208 g/mol. The summed E-state index contributed by atoms with van der Waals surface area (Å²) < 4.78 is 23.6. The molecule has 1 aliphatic rings. The third kappa shape index (κ3) is 2.64. The first-order valence-electron chi connectivity index (χ1n) is 3.86. The normalized spacial score (nSPS) is 21.6. The molecule has 7 heteroatoms. The molecule has 6 nitrogen and oxygen atoms in total. The summed E-state index contributed by atoms with van der Waals surface area (Å²) in [6.07, 6.45) is 0.586. The Bertz CT molecular complexity index is 287. The van der Waals surface area contributed by atoms with E-state index in [9.17, 15) is 13.2 Å². The molecule has 0 saturated carbocycles. The van der Waals surface area contributed by atoms with Gasteiger partial charge in [-0.25, -0.2) is 13.9 Å². The summed E-state index contributed by atoms with van der Waals surface area (Å²) in [6.45, 7) is 0.260. The van der Waals surface area contributed by atoms with Gasteiger partial charge in [0.15, 0.2) is 0 Å². The maximum Gasteiger partial charge on any atom is 0.258 e. The van der Waals surface area contributed by atoms with Gasteiger partial charge in [0, 0.05) is 6.54 Å². The quantitative estimate of drug-likeness (QED) is 0.585. The van der Waals surface area contributed by atoms with E-state index in [2.05, 4.69) is 10.3 Å². The van der Waals surface area contributed by atoms with Crippen LogP contribution in [0.5, 0.6) is 0 Å². The minimum Gasteiger partial charge on any atom is -0.277 e. The van der Waals surface area contributed by atoms with Crippen LogP contribution >= 0.6 is 0 Å². The van der Waals surface area contributed by atoms with Crippen molar-refractivity contribution in [2.45, 2.75) is 6.42 Å². The lowest BCUT2D eigenvalue weighted by molar-refractivity contribution is -0.131. The number of hydroxylamine groups is 1. The molecule has 0 aromatic carbocycles. The summed E-state index contributed by atoms with van der Waals surface area (Å²) in [5, 5.41) is 0. The van der Waals surface area contributed by atoms with E-state index in [0.29, 0.717) is 13.0 Å². The van der Waals surface area contributed by atoms with Crippen molar-refractivity contribution in [1.82, 2.24) is 9.79 Å². The zero-order valence-corrected chi connectivity index (χ0v) is 8.13.